The summed E-state index contributed by atoms with van der Waals surface area (Å²) in [4.78, 5) is 0. The molecule has 1 unspecified atom stereocenters. The van der Waals surface area contributed by atoms with Crippen LogP contribution in [0.15, 0.2) is 42.5 Å². The third-order valence-electron chi connectivity index (χ3n) is 3.27. The van der Waals surface area contributed by atoms with E-state index in [0.717, 1.165) is 5.56 Å². The molecule has 0 heterocycles. The summed E-state index contributed by atoms with van der Waals surface area (Å²) < 4.78 is 19.1. The number of ether oxygens (including phenoxy) is 1. The molecule has 0 saturated carbocycles. The summed E-state index contributed by atoms with van der Waals surface area (Å²) in [5.74, 6) is -0.365. The maximum absolute atomic E-state index is 14.1. The Bertz CT molecular complexity index is 586. The average Bonchev–Trinajstić information content (AvgIpc) is 2.46. The summed E-state index contributed by atoms with van der Waals surface area (Å²) in [6, 6.07) is 12.3. The minimum Gasteiger partial charge on any atom is -0.494 e. The largest absolute Gasteiger partial charge is 0.494 e. The maximum Gasteiger partial charge on any atom is 0.168 e. The van der Waals surface area contributed by atoms with Crippen LogP contribution >= 0.6 is 11.6 Å². The lowest BCUT2D eigenvalue weighted by Gasteiger charge is -2.16. The first-order chi connectivity index (χ1) is 9.65. The molecule has 0 amide bonds. The van der Waals surface area contributed by atoms with Gasteiger partial charge in [-0.15, -0.1) is 0 Å². The van der Waals surface area contributed by atoms with E-state index in [1.54, 1.807) is 30.3 Å². The molecule has 1 atom stereocenters. The fourth-order valence-electron chi connectivity index (χ4n) is 2.19. The topological polar surface area (TPSA) is 29.5 Å². The van der Waals surface area contributed by atoms with Crippen molar-refractivity contribution in [3.05, 3.63) is 64.4 Å². The lowest BCUT2D eigenvalue weighted by atomic mass is 9.92. The fourth-order valence-corrected chi connectivity index (χ4v) is 2.38. The van der Waals surface area contributed by atoms with E-state index in [0.29, 0.717) is 17.0 Å². The van der Waals surface area contributed by atoms with Crippen molar-refractivity contribution < 1.29 is 14.2 Å². The fraction of sp³-hybridized carbons (Fsp3) is 0.250. The van der Waals surface area contributed by atoms with Crippen molar-refractivity contribution in [2.45, 2.75) is 12.3 Å². The number of hydrogen-bond donors (Lipinski definition) is 1. The standard InChI is InChI=1S/C16H16ClFO2/c1-20-15-7-3-5-12(16(15)18)8-13(10-19)11-4-2-6-14(17)9-11/h2-7,9,13,19H,8,10H2,1H3. The Labute approximate surface area is 122 Å². The number of halogens is 2. The normalized spacial score (nSPS) is 12.2. The molecule has 0 radical (unpaired) electrons. The van der Waals surface area contributed by atoms with Gasteiger partial charge in [0.15, 0.2) is 11.6 Å². The van der Waals surface area contributed by atoms with Crippen LogP contribution in [0.4, 0.5) is 4.39 Å². The van der Waals surface area contributed by atoms with Crippen LogP contribution in [0.5, 0.6) is 5.75 Å². The van der Waals surface area contributed by atoms with E-state index < -0.39 is 0 Å². The number of methoxy groups -OCH3 is 1. The van der Waals surface area contributed by atoms with Crippen LogP contribution in [0.3, 0.4) is 0 Å². The predicted octanol–water partition coefficient (Wildman–Crippen LogP) is 3.81. The number of hydrogen-bond acceptors (Lipinski definition) is 2. The van der Waals surface area contributed by atoms with Crippen molar-refractivity contribution in [3.8, 4) is 5.75 Å². The summed E-state index contributed by atoms with van der Waals surface area (Å²) in [5, 5.41) is 10.2. The molecule has 2 nitrogen and oxygen atoms in total. The zero-order valence-corrected chi connectivity index (χ0v) is 11.9. The van der Waals surface area contributed by atoms with Crippen molar-refractivity contribution >= 4 is 11.6 Å². The van der Waals surface area contributed by atoms with E-state index >= 15 is 0 Å². The molecule has 0 aliphatic carbocycles. The van der Waals surface area contributed by atoms with Crippen molar-refractivity contribution in [1.29, 1.82) is 0 Å². The number of aliphatic hydroxyl groups is 1. The smallest absolute Gasteiger partial charge is 0.168 e. The highest BCUT2D eigenvalue weighted by molar-refractivity contribution is 6.30. The summed E-state index contributed by atoms with van der Waals surface area (Å²) in [7, 11) is 1.43. The first kappa shape index (κ1) is 14.8. The molecule has 0 bridgehead atoms. The molecule has 20 heavy (non-hydrogen) atoms. The quantitative estimate of drug-likeness (QED) is 0.909. The van der Waals surface area contributed by atoms with Crippen LogP contribution in [0.1, 0.15) is 17.0 Å². The average molecular weight is 295 g/mol. The molecule has 0 aliphatic heterocycles. The van der Waals surface area contributed by atoms with Gasteiger partial charge in [0.1, 0.15) is 0 Å². The molecule has 106 valence electrons. The Kier molecular flexibility index (Phi) is 4.99. The molecule has 2 aromatic carbocycles. The Morgan fingerprint density at radius 2 is 2.00 bits per heavy atom. The second-order valence-electron chi connectivity index (χ2n) is 4.57. The highest BCUT2D eigenvalue weighted by Crippen LogP contribution is 2.27. The van der Waals surface area contributed by atoms with E-state index in [1.807, 2.05) is 12.1 Å². The van der Waals surface area contributed by atoms with Crippen LogP contribution in [-0.4, -0.2) is 18.8 Å². The van der Waals surface area contributed by atoms with E-state index in [9.17, 15) is 9.50 Å². The van der Waals surface area contributed by atoms with Crippen LogP contribution in [-0.2, 0) is 6.42 Å². The Hall–Kier alpha value is -1.58. The minimum absolute atomic E-state index is 0.0724. The second-order valence-corrected chi connectivity index (χ2v) is 5.01. The zero-order valence-electron chi connectivity index (χ0n) is 11.1. The molecular formula is C16H16ClFO2. The van der Waals surface area contributed by atoms with Gasteiger partial charge in [-0.3, -0.25) is 0 Å². The van der Waals surface area contributed by atoms with Crippen molar-refractivity contribution in [1.82, 2.24) is 0 Å². The van der Waals surface area contributed by atoms with Gasteiger partial charge in [0.2, 0.25) is 0 Å². The van der Waals surface area contributed by atoms with Gasteiger partial charge in [-0.05, 0) is 35.7 Å². The van der Waals surface area contributed by atoms with Crippen LogP contribution in [0.25, 0.3) is 0 Å². The first-order valence-corrected chi connectivity index (χ1v) is 6.71. The third-order valence-corrected chi connectivity index (χ3v) is 3.51. The van der Waals surface area contributed by atoms with E-state index in [-0.39, 0.29) is 24.1 Å². The highest BCUT2D eigenvalue weighted by atomic mass is 35.5. The molecule has 2 aromatic rings. The summed E-state index contributed by atoms with van der Waals surface area (Å²) >= 11 is 5.95. The van der Waals surface area contributed by atoms with Crippen LogP contribution < -0.4 is 4.74 Å². The summed E-state index contributed by atoms with van der Waals surface area (Å²) in [6.45, 7) is -0.0724. The van der Waals surface area contributed by atoms with Gasteiger partial charge in [0.05, 0.1) is 13.7 Å². The lowest BCUT2D eigenvalue weighted by molar-refractivity contribution is 0.263. The molecule has 4 heteroatoms. The molecule has 0 aliphatic rings. The molecule has 0 aromatic heterocycles. The van der Waals surface area contributed by atoms with Gasteiger partial charge in [-0.25, -0.2) is 4.39 Å². The van der Waals surface area contributed by atoms with Crippen LogP contribution in [0, 0.1) is 5.82 Å². The molecule has 0 spiro atoms. The predicted molar refractivity (Wildman–Crippen MR) is 77.9 cm³/mol. The summed E-state index contributed by atoms with van der Waals surface area (Å²) in [5.41, 5.74) is 1.41. The SMILES string of the molecule is COc1cccc(CC(CO)c2cccc(Cl)c2)c1F. The van der Waals surface area contributed by atoms with E-state index in [4.69, 9.17) is 16.3 Å². The number of rotatable bonds is 5. The number of aliphatic hydroxyl groups excluding tert-OH is 1. The molecule has 0 fully saturated rings. The summed E-state index contributed by atoms with van der Waals surface area (Å²) in [6.07, 6.45) is 0.389. The van der Waals surface area contributed by atoms with Crippen molar-refractivity contribution in [2.75, 3.05) is 13.7 Å². The third kappa shape index (κ3) is 3.30. The molecular weight excluding hydrogens is 279 g/mol. The maximum atomic E-state index is 14.1. The molecule has 1 N–H and O–H groups in total. The van der Waals surface area contributed by atoms with Gasteiger partial charge < -0.3 is 9.84 Å². The van der Waals surface area contributed by atoms with Crippen LogP contribution in [0.2, 0.25) is 5.02 Å². The van der Waals surface area contributed by atoms with Gasteiger partial charge in [0.25, 0.3) is 0 Å². The Morgan fingerprint density at radius 3 is 2.65 bits per heavy atom. The first-order valence-electron chi connectivity index (χ1n) is 6.33. The van der Waals surface area contributed by atoms with E-state index in [2.05, 4.69) is 0 Å². The monoisotopic (exact) mass is 294 g/mol. The van der Waals surface area contributed by atoms with E-state index in [1.165, 1.54) is 7.11 Å². The number of benzene rings is 2. The highest BCUT2D eigenvalue weighted by Gasteiger charge is 2.16. The van der Waals surface area contributed by atoms with Gasteiger partial charge in [-0.2, -0.15) is 0 Å². The molecule has 2 rings (SSSR count). The van der Waals surface area contributed by atoms with Crippen molar-refractivity contribution in [2.24, 2.45) is 0 Å². The van der Waals surface area contributed by atoms with Gasteiger partial charge in [0, 0.05) is 10.9 Å². The Balaban J connectivity index is 2.27. The zero-order chi connectivity index (χ0) is 14.5. The minimum atomic E-state index is -0.379. The van der Waals surface area contributed by atoms with Gasteiger partial charge >= 0.3 is 0 Å². The van der Waals surface area contributed by atoms with Crippen molar-refractivity contribution in [3.63, 3.8) is 0 Å². The second kappa shape index (κ2) is 6.73. The molecule has 0 saturated heterocycles. The Morgan fingerprint density at radius 1 is 1.25 bits per heavy atom. The lowest BCUT2D eigenvalue weighted by Crippen LogP contribution is -2.09. The van der Waals surface area contributed by atoms with Gasteiger partial charge in [-0.1, -0.05) is 35.9 Å².